The smallest absolute Gasteiger partial charge is 0.870 e. The number of carbonyl (C=O) groups is 8. The van der Waals surface area contributed by atoms with Crippen LogP contribution in [0.2, 0.25) is 0 Å². The van der Waals surface area contributed by atoms with Gasteiger partial charge in [-0.15, -0.1) is 0 Å². The van der Waals surface area contributed by atoms with Gasteiger partial charge in [-0.2, -0.15) is 10.2 Å². The van der Waals surface area contributed by atoms with Crippen LogP contribution in [0.3, 0.4) is 0 Å². The van der Waals surface area contributed by atoms with Crippen LogP contribution in [0.4, 0.5) is 0 Å². The average Bonchev–Trinajstić information content (AvgIpc) is 3.54. The second-order valence-corrected chi connectivity index (χ2v) is 23.9. The number of hydrogen-bond acceptors (Lipinski definition) is 23. The summed E-state index contributed by atoms with van der Waals surface area (Å²) < 4.78 is 51.6. The number of rotatable bonds is 11. The zero-order valence-electron chi connectivity index (χ0n) is 48.3. The Hall–Kier alpha value is -4.71. The average molecular weight is 1560 g/mol. The molecular weight excluding hydrogens is 1500 g/mol. The van der Waals surface area contributed by atoms with Gasteiger partial charge in [0.25, 0.3) is 11.8 Å². The number of methoxy groups -OCH3 is 3. The van der Waals surface area contributed by atoms with Crippen molar-refractivity contribution in [2.75, 3.05) is 27.9 Å². The fourth-order valence-corrected chi connectivity index (χ4v) is 12.0. The van der Waals surface area contributed by atoms with Crippen LogP contribution >= 0.6 is 64.0 Å². The van der Waals surface area contributed by atoms with Crippen molar-refractivity contribution in [2.45, 2.75) is 59.2 Å². The van der Waals surface area contributed by atoms with Gasteiger partial charge in [0, 0.05) is 71.1 Å². The summed E-state index contributed by atoms with van der Waals surface area (Å²) in [6.45, 7) is 5.54. The van der Waals surface area contributed by atoms with Crippen LogP contribution in [0.25, 0.3) is 33.8 Å². The molecule has 0 atom stereocenters. The molecule has 33 heteroatoms. The van der Waals surface area contributed by atoms with E-state index in [4.69, 9.17) is 54.8 Å². The molecule has 2 aliphatic rings. The Morgan fingerprint density at radius 3 is 1.28 bits per heavy atom. The number of aryl methyl sites for hydroxylation is 3. The minimum atomic E-state index is -2.87. The Balaban J connectivity index is 0.00000115. The number of aromatic nitrogens is 6. The zero-order chi connectivity index (χ0) is 61.3. The van der Waals surface area contributed by atoms with E-state index >= 15 is 0 Å². The van der Waals surface area contributed by atoms with E-state index in [-0.39, 0.29) is 110 Å². The van der Waals surface area contributed by atoms with E-state index in [2.05, 4.69) is 42.7 Å². The summed E-state index contributed by atoms with van der Waals surface area (Å²) in [6, 6.07) is 21.9. The molecule has 448 valence electrons. The number of benzene rings is 3. The number of aliphatic hydroxyl groups is 1. The van der Waals surface area contributed by atoms with Gasteiger partial charge in [0.05, 0.1) is 14.2 Å². The molecule has 2 fully saturated rings. The summed E-state index contributed by atoms with van der Waals surface area (Å²) in [5.41, 5.74) is 5.16. The minimum absolute atomic E-state index is 0. The van der Waals surface area contributed by atoms with E-state index in [1.54, 1.807) is 80.3 Å². The molecule has 6 aromatic rings. The van der Waals surface area contributed by atoms with Crippen molar-refractivity contribution in [1.82, 2.24) is 29.3 Å². The number of carbonyl (C=O) groups excluding carboxylic acids is 7. The van der Waals surface area contributed by atoms with E-state index in [0.717, 1.165) is 38.0 Å². The molecule has 3 aromatic heterocycles. The molecule has 1 aliphatic heterocycles. The van der Waals surface area contributed by atoms with Crippen LogP contribution in [0, 0.1) is 10.7 Å². The van der Waals surface area contributed by atoms with Crippen molar-refractivity contribution in [3.8, 4) is 33.8 Å². The minimum Gasteiger partial charge on any atom is -0.870 e. The molecule has 0 unspecified atom stereocenters. The standard InChI is InChI=1S/C20H19IN2O6.C16H17IN2O6.C12H11IN2O2.C2H4O2.C2H6O.BHO3.K.Na.H2O/c1-23-11-14(17(24)27-2)16(22-23)12-5-7-13(8-6-12)21-15-18(25)28-20(29-19(15)26)9-3-4-10-20;1-10(20)24-17(25-11(2)21)13-7-5-12(6-8-13)15-14(16(22)23-4)9-19(3)18-15;1-15-7-10(12(16)17-2)11(14-15)8-3-5-9(13)6-4-8;1-2(3)4;1-2-3;2-1-4-3;;;/h5-8,11H,3-4,9-10H2,1-2H3;5-9H,1-4H3;3-7H,1-2H3;1H3,(H,3,4);3H,2H2,1H3;3H;;;1H2/q;;;;;;2*+1;/p-2. The molecule has 3 N–H and O–H groups in total. The largest absolute Gasteiger partial charge is 1.00 e. The van der Waals surface area contributed by atoms with Gasteiger partial charge >= 0.3 is 279 Å². The normalized spacial score (nSPS) is 12.1. The predicted molar refractivity (Wildman–Crippen MR) is 316 cm³/mol. The number of aliphatic hydroxyl groups excluding tert-OH is 1. The maximum absolute atomic E-state index is 12.4. The molecule has 1 saturated heterocycles. The first kappa shape index (κ1) is 80.3. The summed E-state index contributed by atoms with van der Waals surface area (Å²) in [4.78, 5) is 94.3. The number of nitrogens with zero attached hydrogens (tertiary/aromatic N) is 6. The Kier molecular flexibility index (Phi) is 38.4. The van der Waals surface area contributed by atoms with E-state index in [0.29, 0.717) is 55.7 Å². The zero-order valence-corrected chi connectivity index (χ0v) is 59.9. The monoisotopic (exact) mass is 1560 g/mol. The molecule has 8 rings (SSSR count). The maximum Gasteiger partial charge on any atom is 1.00 e. The molecule has 1 aliphatic carbocycles. The molecule has 27 nitrogen and oxygen atoms in total. The molecule has 1 spiro atoms. The van der Waals surface area contributed by atoms with Crippen molar-refractivity contribution in [1.29, 1.82) is 0 Å². The summed E-state index contributed by atoms with van der Waals surface area (Å²) in [5, 5.41) is 36.3. The first-order valence-corrected chi connectivity index (χ1v) is 29.9. The fourth-order valence-electron chi connectivity index (χ4n) is 7.01. The molecule has 1 saturated carbocycles. The van der Waals surface area contributed by atoms with Gasteiger partial charge in [0.2, 0.25) is 0 Å². The number of ether oxygens (including phenoxy) is 5. The molecule has 85 heavy (non-hydrogen) atoms. The summed E-state index contributed by atoms with van der Waals surface area (Å²) >= 11 is -1.69. The molecule has 0 radical (unpaired) electrons. The third-order valence-corrected chi connectivity index (χ3v) is 17.4. The van der Waals surface area contributed by atoms with Gasteiger partial charge in [0.15, 0.2) is 3.51 Å². The fraction of sp³-hybridized carbons (Fsp3) is 0.308. The third kappa shape index (κ3) is 25.9. The summed E-state index contributed by atoms with van der Waals surface area (Å²) in [6.07, 6.45) is 7.74. The van der Waals surface area contributed by atoms with E-state index in [9.17, 15) is 33.6 Å². The number of carboxylic acids is 1. The van der Waals surface area contributed by atoms with E-state index < -0.39 is 89.0 Å². The van der Waals surface area contributed by atoms with Crippen LogP contribution < -0.4 is 86.2 Å². The van der Waals surface area contributed by atoms with Crippen molar-refractivity contribution in [3.63, 3.8) is 0 Å². The topological polar surface area (TPSA) is 374 Å². The second kappa shape index (κ2) is 40.7. The van der Waals surface area contributed by atoms with Gasteiger partial charge in [-0.3, -0.25) is 14.2 Å². The van der Waals surface area contributed by atoms with Gasteiger partial charge in [-0.1, -0.05) is 45.0 Å². The van der Waals surface area contributed by atoms with Crippen LogP contribution in [0.1, 0.15) is 84.5 Å². The Labute approximate surface area is 585 Å². The van der Waals surface area contributed by atoms with E-state index in [1.807, 2.05) is 48.5 Å². The number of halogens is 3. The first-order valence-electron chi connectivity index (χ1n) is 23.8. The Morgan fingerprint density at radius 2 is 0.988 bits per heavy atom. The number of hydrogen-bond donors (Lipinski definition) is 2. The molecular formula is C52H58BI3KN6NaO21. The third-order valence-electron chi connectivity index (χ3n) is 10.1. The van der Waals surface area contributed by atoms with Crippen molar-refractivity contribution < 1.29 is 180 Å². The number of esters is 5. The SMILES string of the molecule is CC(=O)O.CCO.COC(=O)c1cn(C)nc1-c1ccc(I(OC(C)=O)OC(C)=O)cc1.COC(=O)c1cn(C)nc1-c1ccc(I)cc1.COC(=O)c1cn(C)nc1-c1ccc(I=C2C(=O)OC3(CCCC3)OC2=O)cc1.O=BO[O-].[K+].[Na+].[OH-]. The van der Waals surface area contributed by atoms with Crippen LogP contribution in [-0.2, 0) is 84.4 Å². The molecule has 0 amide bonds. The predicted octanol–water partition coefficient (Wildman–Crippen LogP) is -0.295. The summed E-state index contributed by atoms with van der Waals surface area (Å²) in [5.74, 6) is -5.33. The van der Waals surface area contributed by atoms with Crippen molar-refractivity contribution in [2.24, 2.45) is 21.1 Å². The van der Waals surface area contributed by atoms with Crippen molar-refractivity contribution in [3.05, 3.63) is 119 Å². The van der Waals surface area contributed by atoms with Crippen LogP contribution in [0.15, 0.2) is 91.4 Å². The van der Waals surface area contributed by atoms with Gasteiger partial charge in [0.1, 0.15) is 22.5 Å². The van der Waals surface area contributed by atoms with Crippen molar-refractivity contribution >= 4 is 123 Å². The van der Waals surface area contributed by atoms with Gasteiger partial charge < -0.3 is 34.6 Å². The molecule has 0 bridgehead atoms. The summed E-state index contributed by atoms with van der Waals surface area (Å²) in [7, 11) is 9.02. The first-order chi connectivity index (χ1) is 38.9. The number of aliphatic carboxylic acids is 1. The van der Waals surface area contributed by atoms with Crippen LogP contribution in [0.5, 0.6) is 0 Å². The van der Waals surface area contributed by atoms with E-state index in [1.165, 1.54) is 39.9 Å². The maximum atomic E-state index is 12.4. The Bertz CT molecular complexity index is 3190. The Morgan fingerprint density at radius 1 is 0.682 bits per heavy atom. The molecule has 4 heterocycles. The van der Waals surface area contributed by atoms with Gasteiger partial charge in [-0.05, 0) is 66.6 Å². The number of carboxylic acid groups (broad SMARTS) is 1. The van der Waals surface area contributed by atoms with Gasteiger partial charge in [-0.25, -0.2) is 19.2 Å². The second-order valence-electron chi connectivity index (χ2n) is 16.4. The quantitative estimate of drug-likeness (QED) is 0.0420. The van der Waals surface area contributed by atoms with Crippen LogP contribution in [-0.4, -0.2) is 137 Å². The molecule has 3 aromatic carbocycles.